The Hall–Kier alpha value is -5.45. The summed E-state index contributed by atoms with van der Waals surface area (Å²) in [6.45, 7) is 2.09. The molecular formula is C41H29O3S+. The van der Waals surface area contributed by atoms with Crippen LogP contribution in [0.5, 0.6) is 0 Å². The lowest BCUT2D eigenvalue weighted by Gasteiger charge is -2.21. The molecule has 3 nitrogen and oxygen atoms in total. The molecule has 45 heavy (non-hydrogen) atoms. The van der Waals surface area contributed by atoms with Gasteiger partial charge in [0.1, 0.15) is 11.5 Å². The summed E-state index contributed by atoms with van der Waals surface area (Å²) in [4.78, 5) is 29.1. The molecule has 5 aromatic carbocycles. The fourth-order valence-corrected chi connectivity index (χ4v) is 6.82. The van der Waals surface area contributed by atoms with E-state index in [9.17, 15) is 9.59 Å². The molecule has 1 aliphatic heterocycles. The summed E-state index contributed by atoms with van der Waals surface area (Å²) < 4.78 is 6.29. The van der Waals surface area contributed by atoms with Gasteiger partial charge >= 0.3 is 0 Å². The molecule has 0 amide bonds. The summed E-state index contributed by atoms with van der Waals surface area (Å²) in [6, 6.07) is 42.3. The summed E-state index contributed by atoms with van der Waals surface area (Å²) in [5.74, 6) is 1.09. The van der Waals surface area contributed by atoms with Gasteiger partial charge < -0.3 is 4.74 Å². The topological polar surface area (TPSA) is 43.4 Å². The van der Waals surface area contributed by atoms with Crippen LogP contribution in [0.1, 0.15) is 22.3 Å². The van der Waals surface area contributed by atoms with Crippen LogP contribution in [-0.2, 0) is 4.74 Å². The number of benzene rings is 4. The SMILES string of the molecule is Cc1ccccc1-c1cc(C=c2c(=O)c(=CC3C=C(c4ccccc4)OC(c4ccccc4)=C3)c2=O)cc(-c2ccccc2)[s+]1. The molecule has 0 aliphatic carbocycles. The third-order valence-corrected chi connectivity index (χ3v) is 9.09. The highest BCUT2D eigenvalue weighted by molar-refractivity contribution is 7.18. The minimum absolute atomic E-state index is 0.207. The monoisotopic (exact) mass is 601 g/mol. The zero-order chi connectivity index (χ0) is 30.8. The molecule has 0 spiro atoms. The third-order valence-electron chi connectivity index (χ3n) is 7.96. The summed E-state index contributed by atoms with van der Waals surface area (Å²) in [7, 11) is 0. The number of aryl methyl sites for hydroxylation is 1. The predicted octanol–water partition coefficient (Wildman–Crippen LogP) is 7.61. The van der Waals surface area contributed by atoms with Crippen molar-refractivity contribution in [3.8, 4) is 20.9 Å². The molecule has 0 atom stereocenters. The van der Waals surface area contributed by atoms with Gasteiger partial charge in [-0.25, -0.2) is 0 Å². The van der Waals surface area contributed by atoms with Crippen molar-refractivity contribution in [1.82, 2.24) is 0 Å². The highest BCUT2D eigenvalue weighted by atomic mass is 32.1. The lowest BCUT2D eigenvalue weighted by atomic mass is 9.97. The Bertz CT molecular complexity index is 2190. The fraction of sp³-hybridized carbons (Fsp3) is 0.0488. The molecule has 6 aromatic rings. The van der Waals surface area contributed by atoms with Crippen molar-refractivity contribution in [2.75, 3.05) is 0 Å². The summed E-state index contributed by atoms with van der Waals surface area (Å²) in [5, 5.41) is 0.417. The first kappa shape index (κ1) is 28.3. The predicted molar refractivity (Wildman–Crippen MR) is 186 cm³/mol. The third kappa shape index (κ3) is 5.88. The molecule has 1 aromatic heterocycles. The molecule has 2 heterocycles. The maximum absolute atomic E-state index is 13.5. The van der Waals surface area contributed by atoms with Crippen LogP contribution in [0.2, 0.25) is 0 Å². The molecule has 0 fully saturated rings. The van der Waals surface area contributed by atoms with E-state index in [0.29, 0.717) is 11.5 Å². The van der Waals surface area contributed by atoms with E-state index in [0.717, 1.165) is 37.6 Å². The van der Waals surface area contributed by atoms with Gasteiger partial charge in [-0.1, -0.05) is 103 Å². The highest BCUT2D eigenvalue weighted by Gasteiger charge is 2.21. The summed E-state index contributed by atoms with van der Waals surface area (Å²) in [6.07, 6.45) is 7.41. The van der Waals surface area contributed by atoms with Crippen LogP contribution < -0.4 is 21.3 Å². The zero-order valence-corrected chi connectivity index (χ0v) is 25.5. The molecule has 7 rings (SSSR count). The van der Waals surface area contributed by atoms with Crippen molar-refractivity contribution >= 4 is 35.0 Å². The second kappa shape index (κ2) is 12.3. The molecule has 1 aliphatic rings. The van der Waals surface area contributed by atoms with E-state index in [1.54, 1.807) is 23.5 Å². The number of ether oxygens (including phenoxy) is 1. The van der Waals surface area contributed by atoms with E-state index < -0.39 is 0 Å². The molecule has 0 N–H and O–H groups in total. The largest absolute Gasteiger partial charge is 0.457 e. The first-order valence-electron chi connectivity index (χ1n) is 14.9. The number of hydrogen-bond acceptors (Lipinski definition) is 3. The van der Waals surface area contributed by atoms with Crippen molar-refractivity contribution in [2.45, 2.75) is 6.92 Å². The van der Waals surface area contributed by atoms with Crippen LogP contribution in [-0.4, -0.2) is 0 Å². The smallest absolute Gasteiger partial charge is 0.239 e. The molecular weight excluding hydrogens is 573 g/mol. The van der Waals surface area contributed by atoms with Gasteiger partial charge in [0.15, 0.2) is 0 Å². The van der Waals surface area contributed by atoms with Gasteiger partial charge in [0, 0.05) is 40.3 Å². The first-order valence-corrected chi connectivity index (χ1v) is 15.7. The maximum atomic E-state index is 13.5. The Morgan fingerprint density at radius 2 is 1.11 bits per heavy atom. The standard InChI is InChI=1S/C41H29O3S/c1-27-13-11-12-20-33(27)39-26-29(25-38(45-39)32-18-9-4-10-19-32)22-35-40(42)34(41(35)43)21-28-23-36(30-14-5-2-6-15-30)44-37(24-28)31-16-7-3-8-17-31/h2-26,28H,1H3/q+1. The van der Waals surface area contributed by atoms with E-state index >= 15 is 0 Å². The molecule has 0 unspecified atom stereocenters. The average Bonchev–Trinajstić information content (AvgIpc) is 3.10. The van der Waals surface area contributed by atoms with Crippen LogP contribution in [0, 0.1) is 12.8 Å². The maximum Gasteiger partial charge on any atom is 0.239 e. The van der Waals surface area contributed by atoms with Crippen molar-refractivity contribution in [2.24, 2.45) is 5.92 Å². The normalized spacial score (nSPS) is 13.1. The molecule has 0 radical (unpaired) electrons. The number of rotatable bonds is 6. The van der Waals surface area contributed by atoms with Crippen molar-refractivity contribution in [1.29, 1.82) is 0 Å². The zero-order valence-electron chi connectivity index (χ0n) is 24.6. The van der Waals surface area contributed by atoms with E-state index in [1.807, 2.05) is 103 Å². The lowest BCUT2D eigenvalue weighted by Crippen LogP contribution is -2.64. The highest BCUT2D eigenvalue weighted by Crippen LogP contribution is 2.36. The second-order valence-electron chi connectivity index (χ2n) is 11.1. The van der Waals surface area contributed by atoms with Crippen molar-refractivity contribution in [3.63, 3.8) is 0 Å². The van der Waals surface area contributed by atoms with E-state index in [2.05, 4.69) is 43.3 Å². The van der Waals surface area contributed by atoms with Gasteiger partial charge in [-0.2, -0.15) is 0 Å². The van der Waals surface area contributed by atoms with Gasteiger partial charge in [-0.3, -0.25) is 9.59 Å². The molecule has 0 bridgehead atoms. The quantitative estimate of drug-likeness (QED) is 0.185. The molecule has 216 valence electrons. The van der Waals surface area contributed by atoms with Crippen LogP contribution in [0.4, 0.5) is 0 Å². The minimum atomic E-state index is -0.288. The van der Waals surface area contributed by atoms with Gasteiger partial charge in [-0.05, 0) is 54.5 Å². The Kier molecular flexibility index (Phi) is 7.73. The average molecular weight is 602 g/mol. The molecule has 0 saturated carbocycles. The number of hydrogen-bond donors (Lipinski definition) is 0. The van der Waals surface area contributed by atoms with Gasteiger partial charge in [0.05, 0.1) is 10.4 Å². The lowest BCUT2D eigenvalue weighted by molar-refractivity contribution is 0.458. The van der Waals surface area contributed by atoms with Crippen molar-refractivity contribution < 1.29 is 4.74 Å². The van der Waals surface area contributed by atoms with Gasteiger partial charge in [-0.15, -0.1) is 0 Å². The van der Waals surface area contributed by atoms with Crippen LogP contribution >= 0.6 is 11.3 Å². The van der Waals surface area contributed by atoms with E-state index in [-0.39, 0.29) is 27.2 Å². The van der Waals surface area contributed by atoms with Crippen molar-refractivity contribution in [3.05, 3.63) is 193 Å². The molecule has 4 heteroatoms. The Morgan fingerprint density at radius 1 is 0.600 bits per heavy atom. The van der Waals surface area contributed by atoms with E-state index in [4.69, 9.17) is 4.74 Å². The number of allylic oxidation sites excluding steroid dienone is 2. The Labute approximate surface area is 265 Å². The Balaban J connectivity index is 1.32. The summed E-state index contributed by atoms with van der Waals surface area (Å²) in [5.41, 5.74) is 5.60. The van der Waals surface area contributed by atoms with Crippen LogP contribution in [0.25, 0.3) is 44.6 Å². The second-order valence-corrected chi connectivity index (χ2v) is 12.2. The van der Waals surface area contributed by atoms with Gasteiger partial charge in [0.2, 0.25) is 31.9 Å². The summed E-state index contributed by atoms with van der Waals surface area (Å²) >= 11 is 1.70. The first-order chi connectivity index (χ1) is 22.0. The Morgan fingerprint density at radius 3 is 1.69 bits per heavy atom. The van der Waals surface area contributed by atoms with Gasteiger partial charge in [0.25, 0.3) is 0 Å². The van der Waals surface area contributed by atoms with E-state index in [1.165, 1.54) is 5.56 Å². The van der Waals surface area contributed by atoms with Crippen LogP contribution in [0.3, 0.4) is 0 Å². The molecule has 0 saturated heterocycles. The minimum Gasteiger partial charge on any atom is -0.457 e. The fourth-order valence-electron chi connectivity index (χ4n) is 5.60. The van der Waals surface area contributed by atoms with Crippen LogP contribution in [0.15, 0.2) is 149 Å².